The van der Waals surface area contributed by atoms with Crippen molar-refractivity contribution in [3.8, 4) is 0 Å². The van der Waals surface area contributed by atoms with Crippen molar-refractivity contribution in [3.05, 3.63) is 34.9 Å². The number of primary amides is 1. The van der Waals surface area contributed by atoms with Crippen LogP contribution in [0.4, 0.5) is 0 Å². The van der Waals surface area contributed by atoms with Crippen LogP contribution in [0.3, 0.4) is 0 Å². The van der Waals surface area contributed by atoms with Crippen molar-refractivity contribution in [2.45, 2.75) is 25.9 Å². The number of rotatable bonds is 1. The normalized spacial score (nSPS) is 21.1. The number of aryl methyl sites for hydroxylation is 1. The molecule has 3 heteroatoms. The van der Waals surface area contributed by atoms with Crippen molar-refractivity contribution in [1.82, 2.24) is 4.90 Å². The molecule has 0 aromatic heterocycles. The summed E-state index contributed by atoms with van der Waals surface area (Å²) >= 11 is 0. The van der Waals surface area contributed by atoms with E-state index in [0.29, 0.717) is 0 Å². The maximum atomic E-state index is 11.2. The van der Waals surface area contributed by atoms with Gasteiger partial charge in [0.05, 0.1) is 6.04 Å². The molecule has 2 rings (SSSR count). The predicted octanol–water partition coefficient (Wildman–Crippen LogP) is 0.837. The van der Waals surface area contributed by atoms with Crippen molar-refractivity contribution in [1.29, 1.82) is 0 Å². The van der Waals surface area contributed by atoms with E-state index >= 15 is 0 Å². The fourth-order valence-corrected chi connectivity index (χ4v) is 2.16. The SMILES string of the molecule is Cc1ccc2c(c1)C[C@@H](C(N)=O)N(C)C2. The zero-order valence-corrected chi connectivity index (χ0v) is 9.16. The first-order valence-corrected chi connectivity index (χ1v) is 5.16. The van der Waals surface area contributed by atoms with Crippen LogP contribution in [0.1, 0.15) is 16.7 Å². The third-order valence-electron chi connectivity index (χ3n) is 3.06. The lowest BCUT2D eigenvalue weighted by atomic mass is 9.93. The summed E-state index contributed by atoms with van der Waals surface area (Å²) in [5.41, 5.74) is 9.18. The number of fused-ring (bicyclic) bond motifs is 1. The monoisotopic (exact) mass is 204 g/mol. The van der Waals surface area contributed by atoms with Crippen LogP contribution in [0, 0.1) is 6.92 Å². The molecular formula is C12H16N2O. The van der Waals surface area contributed by atoms with Gasteiger partial charge in [0.2, 0.25) is 5.91 Å². The molecule has 1 atom stereocenters. The molecule has 0 unspecified atom stereocenters. The Bertz CT molecular complexity index is 401. The number of carbonyl (C=O) groups is 1. The number of likely N-dealkylation sites (N-methyl/N-ethyl adjacent to an activating group) is 1. The summed E-state index contributed by atoms with van der Waals surface area (Å²) < 4.78 is 0. The van der Waals surface area contributed by atoms with Gasteiger partial charge in [0.15, 0.2) is 0 Å². The van der Waals surface area contributed by atoms with Gasteiger partial charge in [-0.05, 0) is 31.5 Å². The largest absolute Gasteiger partial charge is 0.368 e. The minimum atomic E-state index is -0.232. The number of carbonyl (C=O) groups excluding carboxylic acids is 1. The van der Waals surface area contributed by atoms with Crippen LogP contribution in [0.2, 0.25) is 0 Å². The highest BCUT2D eigenvalue weighted by Crippen LogP contribution is 2.22. The second-order valence-corrected chi connectivity index (χ2v) is 4.31. The van der Waals surface area contributed by atoms with Crippen LogP contribution in [0.25, 0.3) is 0 Å². The lowest BCUT2D eigenvalue weighted by Gasteiger charge is -2.32. The molecule has 80 valence electrons. The van der Waals surface area contributed by atoms with Gasteiger partial charge in [-0.25, -0.2) is 0 Å². The number of hydrogen-bond acceptors (Lipinski definition) is 2. The Kier molecular flexibility index (Phi) is 2.49. The Morgan fingerprint density at radius 2 is 2.20 bits per heavy atom. The Morgan fingerprint density at radius 3 is 2.87 bits per heavy atom. The minimum absolute atomic E-state index is 0.153. The molecule has 0 saturated heterocycles. The van der Waals surface area contributed by atoms with E-state index in [1.807, 2.05) is 11.9 Å². The van der Waals surface area contributed by atoms with Crippen LogP contribution >= 0.6 is 0 Å². The van der Waals surface area contributed by atoms with Crippen molar-refractivity contribution in [2.24, 2.45) is 5.73 Å². The van der Waals surface area contributed by atoms with E-state index < -0.39 is 0 Å². The summed E-state index contributed by atoms with van der Waals surface area (Å²) in [5.74, 6) is -0.232. The van der Waals surface area contributed by atoms with Gasteiger partial charge in [-0.2, -0.15) is 0 Å². The number of nitrogens with two attached hydrogens (primary N) is 1. The molecule has 0 bridgehead atoms. The topological polar surface area (TPSA) is 46.3 Å². The smallest absolute Gasteiger partial charge is 0.235 e. The summed E-state index contributed by atoms with van der Waals surface area (Å²) in [7, 11) is 1.94. The van der Waals surface area contributed by atoms with Gasteiger partial charge in [0, 0.05) is 6.54 Å². The second-order valence-electron chi connectivity index (χ2n) is 4.31. The van der Waals surface area contributed by atoms with Crippen LogP contribution in [-0.2, 0) is 17.8 Å². The molecule has 2 N–H and O–H groups in total. The fraction of sp³-hybridized carbons (Fsp3) is 0.417. The zero-order chi connectivity index (χ0) is 11.0. The lowest BCUT2D eigenvalue weighted by molar-refractivity contribution is -0.123. The highest BCUT2D eigenvalue weighted by Gasteiger charge is 2.27. The first kappa shape index (κ1) is 10.2. The van der Waals surface area contributed by atoms with E-state index in [1.165, 1.54) is 16.7 Å². The Morgan fingerprint density at radius 1 is 1.47 bits per heavy atom. The fourth-order valence-electron chi connectivity index (χ4n) is 2.16. The highest BCUT2D eigenvalue weighted by molar-refractivity contribution is 5.80. The third kappa shape index (κ3) is 1.88. The molecule has 1 amide bonds. The average Bonchev–Trinajstić information content (AvgIpc) is 2.17. The summed E-state index contributed by atoms with van der Waals surface area (Å²) in [6, 6.07) is 6.24. The van der Waals surface area contributed by atoms with E-state index in [4.69, 9.17) is 5.73 Å². The van der Waals surface area contributed by atoms with E-state index in [0.717, 1.165) is 13.0 Å². The van der Waals surface area contributed by atoms with Gasteiger partial charge in [-0.1, -0.05) is 23.8 Å². The molecule has 0 aliphatic carbocycles. The molecule has 15 heavy (non-hydrogen) atoms. The number of nitrogens with zero attached hydrogens (tertiary/aromatic N) is 1. The van der Waals surface area contributed by atoms with Crippen LogP contribution in [-0.4, -0.2) is 23.9 Å². The molecule has 1 aromatic carbocycles. The molecule has 3 nitrogen and oxygen atoms in total. The third-order valence-corrected chi connectivity index (χ3v) is 3.06. The highest BCUT2D eigenvalue weighted by atomic mass is 16.1. The van der Waals surface area contributed by atoms with Gasteiger partial charge < -0.3 is 5.73 Å². The first-order valence-electron chi connectivity index (χ1n) is 5.16. The number of hydrogen-bond donors (Lipinski definition) is 1. The maximum absolute atomic E-state index is 11.2. The standard InChI is InChI=1S/C12H16N2O/c1-8-3-4-9-7-14(2)11(12(13)15)6-10(9)5-8/h3-5,11H,6-7H2,1-2H3,(H2,13,15)/t11-/m0/s1. The molecule has 0 fully saturated rings. The maximum Gasteiger partial charge on any atom is 0.235 e. The van der Waals surface area contributed by atoms with Crippen molar-refractivity contribution in [2.75, 3.05) is 7.05 Å². The molecule has 0 saturated carbocycles. The van der Waals surface area contributed by atoms with Gasteiger partial charge in [-0.15, -0.1) is 0 Å². The molecule has 0 radical (unpaired) electrons. The average molecular weight is 204 g/mol. The van der Waals surface area contributed by atoms with Gasteiger partial charge in [-0.3, -0.25) is 9.69 Å². The van der Waals surface area contributed by atoms with Crippen LogP contribution < -0.4 is 5.73 Å². The van der Waals surface area contributed by atoms with E-state index in [-0.39, 0.29) is 11.9 Å². The summed E-state index contributed by atoms with van der Waals surface area (Å²) in [6.45, 7) is 2.88. The quantitative estimate of drug-likeness (QED) is 0.736. The Hall–Kier alpha value is -1.35. The molecule has 0 spiro atoms. The second kappa shape index (κ2) is 3.66. The molecule has 1 aliphatic rings. The van der Waals surface area contributed by atoms with Crippen molar-refractivity contribution >= 4 is 5.91 Å². The molecular weight excluding hydrogens is 188 g/mol. The predicted molar refractivity (Wildman–Crippen MR) is 59.3 cm³/mol. The Balaban J connectivity index is 2.34. The van der Waals surface area contributed by atoms with Gasteiger partial charge in [0.25, 0.3) is 0 Å². The van der Waals surface area contributed by atoms with Gasteiger partial charge >= 0.3 is 0 Å². The molecule has 1 aromatic rings. The van der Waals surface area contributed by atoms with E-state index in [9.17, 15) is 4.79 Å². The van der Waals surface area contributed by atoms with Crippen molar-refractivity contribution < 1.29 is 4.79 Å². The lowest BCUT2D eigenvalue weighted by Crippen LogP contribution is -2.46. The van der Waals surface area contributed by atoms with Crippen LogP contribution in [0.15, 0.2) is 18.2 Å². The minimum Gasteiger partial charge on any atom is -0.368 e. The summed E-state index contributed by atoms with van der Waals surface area (Å²) in [6.07, 6.45) is 0.739. The Labute approximate surface area is 89.9 Å². The van der Waals surface area contributed by atoms with Crippen molar-refractivity contribution in [3.63, 3.8) is 0 Å². The summed E-state index contributed by atoms with van der Waals surface area (Å²) in [5, 5.41) is 0. The molecule has 1 heterocycles. The number of amides is 1. The zero-order valence-electron chi connectivity index (χ0n) is 9.16. The number of benzene rings is 1. The van der Waals surface area contributed by atoms with Crippen LogP contribution in [0.5, 0.6) is 0 Å². The summed E-state index contributed by atoms with van der Waals surface area (Å²) in [4.78, 5) is 13.3. The molecule has 1 aliphatic heterocycles. The van der Waals surface area contributed by atoms with E-state index in [1.54, 1.807) is 0 Å². The first-order chi connectivity index (χ1) is 7.08. The van der Waals surface area contributed by atoms with E-state index in [2.05, 4.69) is 25.1 Å². The van der Waals surface area contributed by atoms with Gasteiger partial charge in [0.1, 0.15) is 0 Å².